The van der Waals surface area contributed by atoms with Gasteiger partial charge in [-0.3, -0.25) is 9.59 Å². The zero-order chi connectivity index (χ0) is 25.5. The Bertz CT molecular complexity index is 1090. The molecule has 9 nitrogen and oxygen atoms in total. The second-order valence-electron chi connectivity index (χ2n) is 10.7. The number of amides is 2. The molecule has 1 saturated heterocycles. The van der Waals surface area contributed by atoms with Gasteiger partial charge in [0.1, 0.15) is 17.8 Å². The highest BCUT2D eigenvalue weighted by Crippen LogP contribution is 2.40. The Balaban J connectivity index is 1.50. The van der Waals surface area contributed by atoms with Crippen molar-refractivity contribution in [2.45, 2.75) is 83.5 Å². The smallest absolute Gasteiger partial charge is 0.286 e. The van der Waals surface area contributed by atoms with Gasteiger partial charge in [-0.1, -0.05) is 32.1 Å². The molecular weight excluding hydrogens is 458 g/mol. The van der Waals surface area contributed by atoms with Crippen molar-refractivity contribution in [2.24, 2.45) is 5.41 Å². The molecule has 11 heteroatoms. The summed E-state index contributed by atoms with van der Waals surface area (Å²) < 4.78 is 28.7. The van der Waals surface area contributed by atoms with Crippen LogP contribution in [-0.4, -0.2) is 60.5 Å². The number of halogens is 2. The number of carbonyl (C=O) groups is 2. The van der Waals surface area contributed by atoms with E-state index in [9.17, 15) is 23.5 Å². The standard InChI is InChI=1S/C24H32F2N6O3/c1-23(2,3)20(32-13-17(29-30-32)14-8-9-14)22(35)31-12-16(33)10-18(31)21(34)27-11-15-6-5-7-19(28-15)24(4,25)26/h5-7,13-14,16,18,20,33H,8-12H2,1-4H3,(H,27,34)/t16-,18+,20-/m1/s1. The number of hydrogen-bond donors (Lipinski definition) is 2. The number of aliphatic hydroxyl groups excluding tert-OH is 1. The van der Waals surface area contributed by atoms with Gasteiger partial charge in [0.05, 0.1) is 24.0 Å². The molecule has 2 amide bonds. The van der Waals surface area contributed by atoms with E-state index in [0.29, 0.717) is 5.92 Å². The average molecular weight is 491 g/mol. The Morgan fingerprint density at radius 1 is 1.23 bits per heavy atom. The van der Waals surface area contributed by atoms with Crippen molar-refractivity contribution < 1.29 is 23.5 Å². The van der Waals surface area contributed by atoms with E-state index in [2.05, 4.69) is 20.6 Å². The average Bonchev–Trinajstić information content (AvgIpc) is 3.38. The van der Waals surface area contributed by atoms with Gasteiger partial charge in [0.2, 0.25) is 11.8 Å². The van der Waals surface area contributed by atoms with E-state index in [1.807, 2.05) is 20.8 Å². The van der Waals surface area contributed by atoms with Gasteiger partial charge >= 0.3 is 0 Å². The molecule has 0 unspecified atom stereocenters. The van der Waals surface area contributed by atoms with Crippen molar-refractivity contribution in [3.05, 3.63) is 41.5 Å². The van der Waals surface area contributed by atoms with Gasteiger partial charge in [-0.05, 0) is 30.4 Å². The number of pyridine rings is 1. The van der Waals surface area contributed by atoms with Gasteiger partial charge in [0.25, 0.3) is 5.92 Å². The summed E-state index contributed by atoms with van der Waals surface area (Å²) in [4.78, 5) is 32.1. The Labute approximate surface area is 202 Å². The number of nitrogens with one attached hydrogen (secondary N) is 1. The van der Waals surface area contributed by atoms with Crippen molar-refractivity contribution in [3.8, 4) is 0 Å². The first-order valence-corrected chi connectivity index (χ1v) is 11.9. The molecule has 2 aromatic heterocycles. The third-order valence-electron chi connectivity index (χ3n) is 6.41. The number of carbonyl (C=O) groups excluding carboxylic acids is 2. The molecule has 0 spiro atoms. The topological polar surface area (TPSA) is 113 Å². The summed E-state index contributed by atoms with van der Waals surface area (Å²) in [5.74, 6) is -3.52. The van der Waals surface area contributed by atoms with Crippen LogP contribution in [-0.2, 0) is 22.1 Å². The van der Waals surface area contributed by atoms with Crippen LogP contribution < -0.4 is 5.32 Å². The molecule has 0 bridgehead atoms. The predicted molar refractivity (Wildman–Crippen MR) is 122 cm³/mol. The minimum absolute atomic E-state index is 0.0173. The highest BCUT2D eigenvalue weighted by molar-refractivity contribution is 5.90. The van der Waals surface area contributed by atoms with Crippen LogP contribution in [0.5, 0.6) is 0 Å². The molecule has 0 radical (unpaired) electrons. The third kappa shape index (κ3) is 5.66. The van der Waals surface area contributed by atoms with E-state index in [4.69, 9.17) is 0 Å². The molecule has 35 heavy (non-hydrogen) atoms. The minimum Gasteiger partial charge on any atom is -0.391 e. The Hall–Kier alpha value is -2.95. The van der Waals surface area contributed by atoms with E-state index in [-0.39, 0.29) is 36.8 Å². The van der Waals surface area contributed by atoms with Crippen LogP contribution >= 0.6 is 0 Å². The minimum atomic E-state index is -3.10. The highest BCUT2D eigenvalue weighted by Gasteiger charge is 2.45. The summed E-state index contributed by atoms with van der Waals surface area (Å²) in [6.45, 7) is 6.44. The molecule has 1 saturated carbocycles. The summed E-state index contributed by atoms with van der Waals surface area (Å²) in [6.07, 6.45) is 3.14. The zero-order valence-electron chi connectivity index (χ0n) is 20.4. The van der Waals surface area contributed by atoms with Crippen LogP contribution in [0.25, 0.3) is 0 Å². The first-order chi connectivity index (χ1) is 16.3. The molecule has 4 rings (SSSR count). The second kappa shape index (κ2) is 9.25. The summed E-state index contributed by atoms with van der Waals surface area (Å²) in [5.41, 5.74) is 0.214. The lowest BCUT2D eigenvalue weighted by Crippen LogP contribution is -2.50. The monoisotopic (exact) mass is 490 g/mol. The van der Waals surface area contributed by atoms with Crippen molar-refractivity contribution in [3.63, 3.8) is 0 Å². The van der Waals surface area contributed by atoms with Crippen LogP contribution in [0.15, 0.2) is 24.4 Å². The molecule has 190 valence electrons. The molecule has 2 aromatic rings. The Morgan fingerprint density at radius 3 is 2.57 bits per heavy atom. The number of aromatic nitrogens is 4. The summed E-state index contributed by atoms with van der Waals surface area (Å²) in [7, 11) is 0. The Morgan fingerprint density at radius 2 is 1.94 bits per heavy atom. The molecular formula is C24H32F2N6O3. The van der Waals surface area contributed by atoms with Crippen LogP contribution in [0.1, 0.15) is 76.0 Å². The first kappa shape index (κ1) is 25.2. The zero-order valence-corrected chi connectivity index (χ0v) is 20.4. The van der Waals surface area contributed by atoms with Gasteiger partial charge in [-0.25, -0.2) is 9.67 Å². The molecule has 1 aliphatic carbocycles. The maximum absolute atomic E-state index is 13.7. The first-order valence-electron chi connectivity index (χ1n) is 11.9. The summed E-state index contributed by atoms with van der Waals surface area (Å²) >= 11 is 0. The number of aliphatic hydroxyl groups is 1. The van der Waals surface area contributed by atoms with E-state index >= 15 is 0 Å². The molecule has 2 N–H and O–H groups in total. The third-order valence-corrected chi connectivity index (χ3v) is 6.41. The fourth-order valence-electron chi connectivity index (χ4n) is 4.44. The lowest BCUT2D eigenvalue weighted by Gasteiger charge is -2.34. The van der Waals surface area contributed by atoms with Crippen LogP contribution in [0.4, 0.5) is 8.78 Å². The van der Waals surface area contributed by atoms with E-state index in [0.717, 1.165) is 25.5 Å². The lowest BCUT2D eigenvalue weighted by molar-refractivity contribution is -0.144. The number of nitrogens with zero attached hydrogens (tertiary/aromatic N) is 5. The lowest BCUT2D eigenvalue weighted by atomic mass is 9.85. The normalized spacial score (nSPS) is 21.7. The van der Waals surface area contributed by atoms with Crippen molar-refractivity contribution >= 4 is 11.8 Å². The Kier molecular flexibility index (Phi) is 6.65. The van der Waals surface area contributed by atoms with Gasteiger partial charge in [-0.2, -0.15) is 8.78 Å². The van der Waals surface area contributed by atoms with E-state index in [1.165, 1.54) is 17.0 Å². The molecule has 3 heterocycles. The van der Waals surface area contributed by atoms with Crippen LogP contribution in [0.2, 0.25) is 0 Å². The quantitative estimate of drug-likeness (QED) is 0.617. The molecule has 3 atom stereocenters. The number of alkyl halides is 2. The number of likely N-dealkylation sites (tertiary alicyclic amines) is 1. The van der Waals surface area contributed by atoms with Crippen molar-refractivity contribution in [1.82, 2.24) is 30.2 Å². The van der Waals surface area contributed by atoms with Crippen LogP contribution in [0.3, 0.4) is 0 Å². The van der Waals surface area contributed by atoms with Gasteiger partial charge < -0.3 is 15.3 Å². The maximum Gasteiger partial charge on any atom is 0.286 e. The van der Waals surface area contributed by atoms with E-state index < -0.39 is 35.4 Å². The summed E-state index contributed by atoms with van der Waals surface area (Å²) in [5, 5.41) is 21.4. The largest absolute Gasteiger partial charge is 0.391 e. The van der Waals surface area contributed by atoms with Crippen molar-refractivity contribution in [2.75, 3.05) is 6.54 Å². The van der Waals surface area contributed by atoms with Gasteiger partial charge in [0, 0.05) is 32.0 Å². The fourth-order valence-corrected chi connectivity index (χ4v) is 4.44. The maximum atomic E-state index is 13.7. The number of hydrogen-bond acceptors (Lipinski definition) is 6. The molecule has 2 fully saturated rings. The fraction of sp³-hybridized carbons (Fsp3) is 0.625. The van der Waals surface area contributed by atoms with Crippen molar-refractivity contribution in [1.29, 1.82) is 0 Å². The second-order valence-corrected chi connectivity index (χ2v) is 10.7. The van der Waals surface area contributed by atoms with Gasteiger partial charge in [0.15, 0.2) is 0 Å². The van der Waals surface area contributed by atoms with Gasteiger partial charge in [-0.15, -0.1) is 5.10 Å². The molecule has 0 aromatic carbocycles. The summed E-state index contributed by atoms with van der Waals surface area (Å²) in [6, 6.07) is 2.61. The predicted octanol–water partition coefficient (Wildman–Crippen LogP) is 2.53. The SMILES string of the molecule is CC(F)(F)c1cccc(CNC(=O)[C@@H]2C[C@@H](O)CN2C(=O)[C@@H](n2cc(C3CC3)nn2)C(C)(C)C)n1. The van der Waals surface area contributed by atoms with Crippen LogP contribution in [0, 0.1) is 5.41 Å². The molecule has 1 aliphatic heterocycles. The highest BCUT2D eigenvalue weighted by atomic mass is 19.3. The number of β-amino-alcohol motifs (C(OH)–C–C–N with tert-alkyl or cyclic N) is 1. The number of rotatable bonds is 7. The van der Waals surface area contributed by atoms with E-state index in [1.54, 1.807) is 16.9 Å². The molecule has 2 aliphatic rings.